The number of hydrogen-bond donors (Lipinski definition) is 2. The van der Waals surface area contributed by atoms with E-state index in [1.165, 1.54) is 11.1 Å². The van der Waals surface area contributed by atoms with Gasteiger partial charge in [-0.05, 0) is 37.3 Å². The molecule has 0 atom stereocenters. The van der Waals surface area contributed by atoms with E-state index in [2.05, 4.69) is 50.4 Å². The summed E-state index contributed by atoms with van der Waals surface area (Å²) < 4.78 is 0. The van der Waals surface area contributed by atoms with E-state index < -0.39 is 0 Å². The lowest BCUT2D eigenvalue weighted by Crippen LogP contribution is -2.38. The predicted octanol–water partition coefficient (Wildman–Crippen LogP) is 2.42. The smallest absolute Gasteiger partial charge is 0.220 e. The van der Waals surface area contributed by atoms with Gasteiger partial charge in [0.2, 0.25) is 5.91 Å². The minimum absolute atomic E-state index is 0.0216. The molecule has 0 aliphatic heterocycles. The number of aryl methyl sites for hydroxylation is 2. The van der Waals surface area contributed by atoms with Crippen LogP contribution in [0.2, 0.25) is 0 Å². The molecule has 0 aliphatic carbocycles. The van der Waals surface area contributed by atoms with Crippen molar-refractivity contribution in [2.75, 3.05) is 13.1 Å². The van der Waals surface area contributed by atoms with E-state index in [-0.39, 0.29) is 11.3 Å². The number of benzene rings is 1. The summed E-state index contributed by atoms with van der Waals surface area (Å²) in [7, 11) is 0. The number of carbonyl (C=O) groups excluding carboxylic acids is 1. The fourth-order valence-electron chi connectivity index (χ4n) is 1.82. The average Bonchev–Trinajstić information content (AvgIpc) is 2.37. The van der Waals surface area contributed by atoms with Crippen molar-refractivity contribution in [3.63, 3.8) is 0 Å². The van der Waals surface area contributed by atoms with Crippen LogP contribution < -0.4 is 11.1 Å². The van der Waals surface area contributed by atoms with Crippen LogP contribution in [0.5, 0.6) is 0 Å². The first-order chi connectivity index (χ1) is 8.93. The van der Waals surface area contributed by atoms with E-state index in [0.717, 1.165) is 12.8 Å². The number of carbonyl (C=O) groups is 1. The van der Waals surface area contributed by atoms with Gasteiger partial charge in [0.1, 0.15) is 0 Å². The second-order valence-electron chi connectivity index (χ2n) is 5.99. The normalized spacial score (nSPS) is 11.4. The van der Waals surface area contributed by atoms with E-state index in [1.54, 1.807) is 0 Å². The first kappa shape index (κ1) is 15.7. The maximum Gasteiger partial charge on any atom is 0.220 e. The number of rotatable bonds is 7. The molecule has 3 heteroatoms. The minimum atomic E-state index is -0.0216. The molecule has 0 heterocycles. The van der Waals surface area contributed by atoms with Gasteiger partial charge in [0.25, 0.3) is 0 Å². The lowest BCUT2D eigenvalue weighted by atomic mass is 9.94. The van der Waals surface area contributed by atoms with Crippen LogP contribution in [0.3, 0.4) is 0 Å². The molecule has 0 fully saturated rings. The largest absolute Gasteiger partial charge is 0.356 e. The van der Waals surface area contributed by atoms with E-state index in [1.807, 2.05) is 0 Å². The molecule has 0 bridgehead atoms. The Morgan fingerprint density at radius 2 is 2.11 bits per heavy atom. The van der Waals surface area contributed by atoms with Crippen LogP contribution in [-0.4, -0.2) is 19.0 Å². The van der Waals surface area contributed by atoms with Gasteiger partial charge in [0.15, 0.2) is 0 Å². The fraction of sp³-hybridized carbons (Fsp3) is 0.562. The molecule has 0 aromatic heterocycles. The maximum atomic E-state index is 11.7. The molecule has 106 valence electrons. The molecule has 3 nitrogen and oxygen atoms in total. The van der Waals surface area contributed by atoms with E-state index in [4.69, 9.17) is 5.73 Å². The average molecular weight is 262 g/mol. The van der Waals surface area contributed by atoms with Gasteiger partial charge in [-0.2, -0.15) is 0 Å². The Balaban J connectivity index is 2.24. The van der Waals surface area contributed by atoms with Gasteiger partial charge in [-0.1, -0.05) is 43.7 Å². The second-order valence-corrected chi connectivity index (χ2v) is 5.99. The zero-order valence-corrected chi connectivity index (χ0v) is 12.3. The van der Waals surface area contributed by atoms with Crippen molar-refractivity contribution in [1.29, 1.82) is 0 Å². The third-order valence-electron chi connectivity index (χ3n) is 3.27. The summed E-state index contributed by atoms with van der Waals surface area (Å²) in [4.78, 5) is 11.7. The summed E-state index contributed by atoms with van der Waals surface area (Å²) >= 11 is 0. The second kappa shape index (κ2) is 7.29. The van der Waals surface area contributed by atoms with Crippen molar-refractivity contribution in [2.45, 2.75) is 40.0 Å². The summed E-state index contributed by atoms with van der Waals surface area (Å²) in [6, 6.07) is 8.44. The Morgan fingerprint density at radius 3 is 2.74 bits per heavy atom. The Bertz CT molecular complexity index is 413. The molecule has 0 aliphatic rings. The number of nitrogens with two attached hydrogens (primary N) is 1. The molecule has 0 saturated carbocycles. The third-order valence-corrected chi connectivity index (χ3v) is 3.27. The Kier molecular flexibility index (Phi) is 6.03. The Morgan fingerprint density at radius 1 is 1.37 bits per heavy atom. The quantitative estimate of drug-likeness (QED) is 0.793. The van der Waals surface area contributed by atoms with Gasteiger partial charge in [-0.25, -0.2) is 0 Å². The first-order valence-electron chi connectivity index (χ1n) is 6.95. The summed E-state index contributed by atoms with van der Waals surface area (Å²) in [5, 5.41) is 2.95. The highest BCUT2D eigenvalue weighted by Gasteiger charge is 2.16. The van der Waals surface area contributed by atoms with Crippen molar-refractivity contribution >= 4 is 5.91 Å². The topological polar surface area (TPSA) is 55.1 Å². The highest BCUT2D eigenvalue weighted by Crippen LogP contribution is 2.11. The van der Waals surface area contributed by atoms with E-state index in [9.17, 15) is 4.79 Å². The monoisotopic (exact) mass is 262 g/mol. The summed E-state index contributed by atoms with van der Waals surface area (Å²) in [5.41, 5.74) is 8.18. The highest BCUT2D eigenvalue weighted by molar-refractivity contribution is 5.75. The summed E-state index contributed by atoms with van der Waals surface area (Å²) in [6.07, 6.45) is 2.42. The standard InChI is InChI=1S/C16H26N2O/c1-13-6-4-7-14(10-13)8-5-9-15(19)18-12-16(2,3)11-17/h4,6-7,10H,5,8-9,11-12,17H2,1-3H3,(H,18,19). The van der Waals surface area contributed by atoms with Crippen molar-refractivity contribution in [2.24, 2.45) is 11.1 Å². The van der Waals surface area contributed by atoms with Crippen LogP contribution in [0.4, 0.5) is 0 Å². The summed E-state index contributed by atoms with van der Waals surface area (Å²) in [6.45, 7) is 7.43. The lowest BCUT2D eigenvalue weighted by Gasteiger charge is -2.22. The van der Waals surface area contributed by atoms with E-state index >= 15 is 0 Å². The van der Waals surface area contributed by atoms with Crippen molar-refractivity contribution in [3.8, 4) is 0 Å². The Hall–Kier alpha value is -1.35. The Labute approximate surface area is 116 Å². The molecule has 0 spiro atoms. The molecule has 0 unspecified atom stereocenters. The summed E-state index contributed by atoms with van der Waals surface area (Å²) in [5.74, 6) is 0.120. The maximum absolute atomic E-state index is 11.7. The van der Waals surface area contributed by atoms with Gasteiger partial charge < -0.3 is 11.1 Å². The van der Waals surface area contributed by atoms with Crippen LogP contribution in [0.15, 0.2) is 24.3 Å². The zero-order valence-electron chi connectivity index (χ0n) is 12.3. The van der Waals surface area contributed by atoms with Crippen LogP contribution in [0.1, 0.15) is 37.8 Å². The highest BCUT2D eigenvalue weighted by atomic mass is 16.1. The molecule has 3 N–H and O–H groups in total. The lowest BCUT2D eigenvalue weighted by molar-refractivity contribution is -0.121. The van der Waals surface area contributed by atoms with Crippen LogP contribution in [0.25, 0.3) is 0 Å². The molecule has 1 aromatic rings. The number of amides is 1. The molecule has 1 amide bonds. The van der Waals surface area contributed by atoms with Gasteiger partial charge in [-0.3, -0.25) is 4.79 Å². The molecule has 0 radical (unpaired) electrons. The van der Waals surface area contributed by atoms with Gasteiger partial charge in [0.05, 0.1) is 0 Å². The van der Waals surface area contributed by atoms with Crippen molar-refractivity contribution in [1.82, 2.24) is 5.32 Å². The van der Waals surface area contributed by atoms with Crippen LogP contribution in [0, 0.1) is 12.3 Å². The molecule has 0 saturated heterocycles. The number of hydrogen-bond acceptors (Lipinski definition) is 2. The minimum Gasteiger partial charge on any atom is -0.356 e. The molecular weight excluding hydrogens is 236 g/mol. The van der Waals surface area contributed by atoms with Gasteiger partial charge in [-0.15, -0.1) is 0 Å². The SMILES string of the molecule is Cc1cccc(CCCC(=O)NCC(C)(C)CN)c1. The zero-order chi connectivity index (χ0) is 14.3. The predicted molar refractivity (Wildman–Crippen MR) is 80.0 cm³/mol. The van der Waals surface area contributed by atoms with Gasteiger partial charge in [0, 0.05) is 13.0 Å². The molecule has 1 rings (SSSR count). The third kappa shape index (κ3) is 6.39. The van der Waals surface area contributed by atoms with Gasteiger partial charge >= 0.3 is 0 Å². The fourth-order valence-corrected chi connectivity index (χ4v) is 1.82. The first-order valence-corrected chi connectivity index (χ1v) is 6.95. The molecular formula is C16H26N2O. The molecule has 19 heavy (non-hydrogen) atoms. The number of nitrogens with one attached hydrogen (secondary N) is 1. The van der Waals surface area contributed by atoms with Crippen molar-refractivity contribution < 1.29 is 4.79 Å². The van der Waals surface area contributed by atoms with E-state index in [0.29, 0.717) is 19.5 Å². The van der Waals surface area contributed by atoms with Crippen LogP contribution in [-0.2, 0) is 11.2 Å². The molecule has 1 aromatic carbocycles. The van der Waals surface area contributed by atoms with Crippen LogP contribution >= 0.6 is 0 Å². The van der Waals surface area contributed by atoms with Crippen molar-refractivity contribution in [3.05, 3.63) is 35.4 Å².